The number of amides is 1. The number of rotatable bonds is 8. The average Bonchev–Trinajstić information content (AvgIpc) is 3.19. The first-order chi connectivity index (χ1) is 18.5. The van der Waals surface area contributed by atoms with Gasteiger partial charge in [0.15, 0.2) is 0 Å². The Morgan fingerprint density at radius 2 is 1.84 bits per heavy atom. The molecule has 0 bridgehead atoms. The van der Waals surface area contributed by atoms with Crippen molar-refractivity contribution in [3.05, 3.63) is 112 Å². The van der Waals surface area contributed by atoms with Gasteiger partial charge in [-0.25, -0.2) is 9.67 Å². The van der Waals surface area contributed by atoms with Crippen LogP contribution >= 0.6 is 0 Å². The minimum Gasteiger partial charge on any atom is -0.497 e. The SMILES string of the molecule is CCCn1c(C)c(C(=O)Nc2ccc(Cc3ccnc4cc(OC)ccc34)cn2)c(=O)n1-c1ccccc1. The number of benzene rings is 2. The van der Waals surface area contributed by atoms with Gasteiger partial charge in [0.25, 0.3) is 11.5 Å². The molecule has 1 N–H and O–H groups in total. The lowest BCUT2D eigenvalue weighted by molar-refractivity contribution is 0.102. The molecule has 1 amide bonds. The van der Waals surface area contributed by atoms with E-state index in [0.717, 1.165) is 39.9 Å². The highest BCUT2D eigenvalue weighted by Crippen LogP contribution is 2.24. The molecule has 5 aromatic rings. The van der Waals surface area contributed by atoms with E-state index in [9.17, 15) is 9.59 Å². The predicted octanol–water partition coefficient (Wildman–Crippen LogP) is 5.15. The van der Waals surface area contributed by atoms with Crippen LogP contribution in [0, 0.1) is 6.92 Å². The van der Waals surface area contributed by atoms with E-state index in [0.29, 0.717) is 24.5 Å². The summed E-state index contributed by atoms with van der Waals surface area (Å²) in [5, 5.41) is 3.86. The summed E-state index contributed by atoms with van der Waals surface area (Å²) in [6.07, 6.45) is 5.01. The summed E-state index contributed by atoms with van der Waals surface area (Å²) in [5.41, 5.74) is 4.08. The van der Waals surface area contributed by atoms with Crippen molar-refractivity contribution in [1.29, 1.82) is 0 Å². The van der Waals surface area contributed by atoms with Crippen molar-refractivity contribution in [2.45, 2.75) is 33.2 Å². The highest BCUT2D eigenvalue weighted by atomic mass is 16.5. The zero-order valence-electron chi connectivity index (χ0n) is 21.6. The highest BCUT2D eigenvalue weighted by molar-refractivity contribution is 6.04. The van der Waals surface area contributed by atoms with E-state index in [4.69, 9.17) is 4.74 Å². The molecule has 3 aromatic heterocycles. The van der Waals surface area contributed by atoms with Gasteiger partial charge in [-0.3, -0.25) is 19.3 Å². The molecule has 8 nitrogen and oxygen atoms in total. The van der Waals surface area contributed by atoms with Crippen molar-refractivity contribution in [2.24, 2.45) is 0 Å². The Bertz CT molecular complexity index is 1650. The second-order valence-corrected chi connectivity index (χ2v) is 9.07. The average molecular weight is 508 g/mol. The van der Waals surface area contributed by atoms with Gasteiger partial charge in [-0.15, -0.1) is 0 Å². The van der Waals surface area contributed by atoms with Gasteiger partial charge in [0.05, 0.1) is 24.0 Å². The van der Waals surface area contributed by atoms with Crippen molar-refractivity contribution >= 4 is 22.6 Å². The Kier molecular flexibility index (Phi) is 7.04. The number of carbonyl (C=O) groups excluding carboxylic acids is 1. The lowest BCUT2D eigenvalue weighted by atomic mass is 10.0. The molecule has 0 fully saturated rings. The van der Waals surface area contributed by atoms with Gasteiger partial charge in [-0.05, 0) is 67.3 Å². The van der Waals surface area contributed by atoms with E-state index in [1.54, 1.807) is 37.2 Å². The second-order valence-electron chi connectivity index (χ2n) is 9.07. The van der Waals surface area contributed by atoms with Gasteiger partial charge in [0.1, 0.15) is 17.1 Å². The molecule has 8 heteroatoms. The Morgan fingerprint density at radius 3 is 2.55 bits per heavy atom. The first kappa shape index (κ1) is 25.0. The van der Waals surface area contributed by atoms with Crippen LogP contribution in [0.3, 0.4) is 0 Å². The summed E-state index contributed by atoms with van der Waals surface area (Å²) in [5.74, 6) is 0.678. The first-order valence-electron chi connectivity index (χ1n) is 12.6. The maximum atomic E-state index is 13.4. The number of nitrogens with one attached hydrogen (secondary N) is 1. The third-order valence-electron chi connectivity index (χ3n) is 6.56. The van der Waals surface area contributed by atoms with Crippen LogP contribution in [0.25, 0.3) is 16.6 Å². The molecular formula is C30H29N5O3. The van der Waals surface area contributed by atoms with E-state index in [2.05, 4.69) is 15.3 Å². The zero-order chi connectivity index (χ0) is 26.6. The molecule has 0 aliphatic rings. The number of aromatic nitrogens is 4. The van der Waals surface area contributed by atoms with E-state index in [1.807, 2.05) is 72.3 Å². The Balaban J connectivity index is 1.38. The fourth-order valence-electron chi connectivity index (χ4n) is 4.69. The molecule has 0 atom stereocenters. The molecule has 0 saturated heterocycles. The van der Waals surface area contributed by atoms with Crippen LogP contribution in [0.5, 0.6) is 5.75 Å². The lowest BCUT2D eigenvalue weighted by Gasteiger charge is -2.12. The Morgan fingerprint density at radius 1 is 1.03 bits per heavy atom. The van der Waals surface area contributed by atoms with E-state index in [-0.39, 0.29) is 11.1 Å². The van der Waals surface area contributed by atoms with Gasteiger partial charge >= 0.3 is 0 Å². The third-order valence-corrected chi connectivity index (χ3v) is 6.56. The number of hydrogen-bond donors (Lipinski definition) is 1. The van der Waals surface area contributed by atoms with Gasteiger partial charge in [-0.2, -0.15) is 0 Å². The molecule has 5 rings (SSSR count). The Labute approximate surface area is 220 Å². The van der Waals surface area contributed by atoms with Crippen LogP contribution < -0.4 is 15.6 Å². The second kappa shape index (κ2) is 10.7. The van der Waals surface area contributed by atoms with Gasteiger partial charge in [0, 0.05) is 30.4 Å². The molecule has 0 spiro atoms. The topological polar surface area (TPSA) is 91.0 Å². The molecule has 192 valence electrons. The standard InChI is InChI=1S/C30H29N5O3/c1-4-16-34-20(2)28(30(37)35(34)23-8-6-5-7-9-23)29(36)33-27-13-10-21(19-32-27)17-22-14-15-31-26-18-24(38-3)11-12-25(22)26/h5-15,18-19H,4,16-17H2,1-3H3,(H,32,33,36). The number of fused-ring (bicyclic) bond motifs is 1. The molecular weight excluding hydrogens is 478 g/mol. The predicted molar refractivity (Wildman–Crippen MR) is 148 cm³/mol. The number of methoxy groups -OCH3 is 1. The molecule has 0 aliphatic heterocycles. The number of carbonyl (C=O) groups is 1. The van der Waals surface area contributed by atoms with E-state index < -0.39 is 5.91 Å². The van der Waals surface area contributed by atoms with Crippen molar-refractivity contribution < 1.29 is 9.53 Å². The van der Waals surface area contributed by atoms with Crippen LogP contribution in [0.15, 0.2) is 83.9 Å². The summed E-state index contributed by atoms with van der Waals surface area (Å²) in [4.78, 5) is 35.5. The summed E-state index contributed by atoms with van der Waals surface area (Å²) in [6, 6.07) is 20.9. The molecule has 0 aliphatic carbocycles. The van der Waals surface area contributed by atoms with Crippen LogP contribution in [0.4, 0.5) is 5.82 Å². The summed E-state index contributed by atoms with van der Waals surface area (Å²) >= 11 is 0. The molecule has 38 heavy (non-hydrogen) atoms. The lowest BCUT2D eigenvalue weighted by Crippen LogP contribution is -2.26. The summed E-state index contributed by atoms with van der Waals surface area (Å²) in [7, 11) is 1.64. The van der Waals surface area contributed by atoms with Crippen molar-refractivity contribution in [1.82, 2.24) is 19.3 Å². The van der Waals surface area contributed by atoms with E-state index >= 15 is 0 Å². The van der Waals surface area contributed by atoms with Crippen molar-refractivity contribution in [3.63, 3.8) is 0 Å². The number of para-hydroxylation sites is 1. The van der Waals surface area contributed by atoms with Gasteiger partial charge in [0.2, 0.25) is 0 Å². The molecule has 0 saturated carbocycles. The largest absolute Gasteiger partial charge is 0.497 e. The minimum absolute atomic E-state index is 0.117. The molecule has 0 unspecified atom stereocenters. The van der Waals surface area contributed by atoms with Crippen molar-refractivity contribution in [3.8, 4) is 11.4 Å². The van der Waals surface area contributed by atoms with Crippen molar-refractivity contribution in [2.75, 3.05) is 12.4 Å². The summed E-state index contributed by atoms with van der Waals surface area (Å²) < 4.78 is 8.73. The summed E-state index contributed by atoms with van der Waals surface area (Å²) in [6.45, 7) is 4.46. The minimum atomic E-state index is -0.471. The highest BCUT2D eigenvalue weighted by Gasteiger charge is 2.23. The number of hydrogen-bond acceptors (Lipinski definition) is 5. The molecule has 3 heterocycles. The van der Waals surface area contributed by atoms with Gasteiger partial charge < -0.3 is 10.1 Å². The van der Waals surface area contributed by atoms with E-state index in [1.165, 1.54) is 0 Å². The maximum absolute atomic E-state index is 13.4. The maximum Gasteiger partial charge on any atom is 0.284 e. The number of nitrogens with zero attached hydrogens (tertiary/aromatic N) is 4. The molecule has 0 radical (unpaired) electrons. The fraction of sp³-hybridized carbons (Fsp3) is 0.200. The quantitative estimate of drug-likeness (QED) is 0.314. The monoisotopic (exact) mass is 507 g/mol. The fourth-order valence-corrected chi connectivity index (χ4v) is 4.69. The number of anilines is 1. The van der Waals surface area contributed by atoms with Crippen LogP contribution in [-0.2, 0) is 13.0 Å². The first-order valence-corrected chi connectivity index (χ1v) is 12.6. The van der Waals surface area contributed by atoms with Crippen LogP contribution in [0.2, 0.25) is 0 Å². The zero-order valence-corrected chi connectivity index (χ0v) is 21.6. The van der Waals surface area contributed by atoms with Crippen LogP contribution in [0.1, 0.15) is 40.5 Å². The normalized spacial score (nSPS) is 11.0. The Hall–Kier alpha value is -4.72. The number of pyridine rings is 2. The van der Waals surface area contributed by atoms with Crippen LogP contribution in [-0.4, -0.2) is 32.3 Å². The third kappa shape index (κ3) is 4.80. The smallest absolute Gasteiger partial charge is 0.284 e. The molecule has 2 aromatic carbocycles. The number of ether oxygens (including phenoxy) is 1. The van der Waals surface area contributed by atoms with Gasteiger partial charge in [-0.1, -0.05) is 31.2 Å².